The van der Waals surface area contributed by atoms with Gasteiger partial charge >= 0.3 is 0 Å². The largest absolute Gasteiger partial charge is 0.351 e. The zero-order valence-corrected chi connectivity index (χ0v) is 17.8. The maximum Gasteiger partial charge on any atom is 0.225 e. The van der Waals surface area contributed by atoms with Crippen LogP contribution in [0.2, 0.25) is 0 Å². The first kappa shape index (κ1) is 19.9. The molecule has 3 aromatic rings. The summed E-state index contributed by atoms with van der Waals surface area (Å²) in [5.74, 6) is 1.76. The normalized spacial score (nSPS) is 22.5. The predicted molar refractivity (Wildman–Crippen MR) is 118 cm³/mol. The van der Waals surface area contributed by atoms with Crippen molar-refractivity contribution in [3.05, 3.63) is 36.5 Å². The quantitative estimate of drug-likeness (QED) is 0.690. The van der Waals surface area contributed by atoms with E-state index in [9.17, 15) is 4.79 Å². The molecular formula is C22H28N8O. The van der Waals surface area contributed by atoms with Crippen molar-refractivity contribution in [2.45, 2.75) is 31.7 Å². The number of amides is 1. The third-order valence-corrected chi connectivity index (χ3v) is 6.43. The molecule has 1 aliphatic carbocycles. The van der Waals surface area contributed by atoms with Gasteiger partial charge in [0.05, 0.1) is 5.52 Å². The summed E-state index contributed by atoms with van der Waals surface area (Å²) in [5, 5.41) is 11.9. The van der Waals surface area contributed by atoms with Crippen molar-refractivity contribution in [2.24, 2.45) is 5.92 Å². The second-order valence-corrected chi connectivity index (χ2v) is 8.55. The van der Waals surface area contributed by atoms with Crippen molar-refractivity contribution in [3.8, 4) is 5.82 Å². The minimum atomic E-state index is 0.148. The van der Waals surface area contributed by atoms with Crippen molar-refractivity contribution in [2.75, 3.05) is 38.5 Å². The van der Waals surface area contributed by atoms with Gasteiger partial charge in [-0.3, -0.25) is 4.79 Å². The molecule has 3 heterocycles. The topological polar surface area (TPSA) is 92.1 Å². The molecule has 1 aliphatic heterocycles. The maximum absolute atomic E-state index is 12.9. The molecular weight excluding hydrogens is 392 g/mol. The van der Waals surface area contributed by atoms with Crippen LogP contribution in [-0.4, -0.2) is 79.9 Å². The molecule has 1 saturated heterocycles. The van der Waals surface area contributed by atoms with Crippen LogP contribution in [0.4, 0.5) is 5.95 Å². The number of nitrogens with one attached hydrogen (secondary N) is 1. The molecule has 0 bridgehead atoms. The van der Waals surface area contributed by atoms with Gasteiger partial charge in [-0.25, -0.2) is 4.98 Å². The summed E-state index contributed by atoms with van der Waals surface area (Å²) in [6.45, 7) is 3.64. The summed E-state index contributed by atoms with van der Waals surface area (Å²) in [4.78, 5) is 26.2. The lowest BCUT2D eigenvalue weighted by atomic mass is 9.85. The fourth-order valence-corrected chi connectivity index (χ4v) is 4.53. The Morgan fingerprint density at radius 2 is 1.81 bits per heavy atom. The SMILES string of the molecule is CN1CCN(C(=O)[C@H]2CC[C@H](Nc3nccc(-n4nnc5ccccc54)n3)CC2)CC1. The summed E-state index contributed by atoms with van der Waals surface area (Å²) in [7, 11) is 2.11. The molecule has 0 unspecified atom stereocenters. The smallest absolute Gasteiger partial charge is 0.225 e. The Kier molecular flexibility index (Phi) is 5.50. The van der Waals surface area contributed by atoms with Crippen LogP contribution in [-0.2, 0) is 4.79 Å². The van der Waals surface area contributed by atoms with Crippen LogP contribution in [0.3, 0.4) is 0 Å². The predicted octanol–water partition coefficient (Wildman–Crippen LogP) is 1.96. The van der Waals surface area contributed by atoms with Gasteiger partial charge in [0.15, 0.2) is 5.82 Å². The van der Waals surface area contributed by atoms with E-state index in [0.717, 1.165) is 62.9 Å². The molecule has 1 N–H and O–H groups in total. The number of hydrogen-bond donors (Lipinski definition) is 1. The number of fused-ring (bicyclic) bond motifs is 1. The van der Waals surface area contributed by atoms with E-state index in [1.54, 1.807) is 10.9 Å². The zero-order valence-electron chi connectivity index (χ0n) is 17.8. The Morgan fingerprint density at radius 1 is 1.03 bits per heavy atom. The molecule has 9 heteroatoms. The molecule has 0 spiro atoms. The molecule has 2 fully saturated rings. The van der Waals surface area contributed by atoms with Gasteiger partial charge in [-0.05, 0) is 44.9 Å². The summed E-state index contributed by atoms with van der Waals surface area (Å²) >= 11 is 0. The number of carbonyl (C=O) groups is 1. The maximum atomic E-state index is 12.9. The van der Waals surface area contributed by atoms with Gasteiger partial charge < -0.3 is 15.1 Å². The lowest BCUT2D eigenvalue weighted by Crippen LogP contribution is -2.49. The molecule has 31 heavy (non-hydrogen) atoms. The molecule has 1 aromatic carbocycles. The Bertz CT molecular complexity index is 1050. The zero-order chi connectivity index (χ0) is 21.2. The first-order valence-corrected chi connectivity index (χ1v) is 11.0. The van der Waals surface area contributed by atoms with E-state index in [1.807, 2.05) is 35.2 Å². The lowest BCUT2D eigenvalue weighted by molar-refractivity contribution is -0.138. The summed E-state index contributed by atoms with van der Waals surface area (Å²) < 4.78 is 1.73. The van der Waals surface area contributed by atoms with Gasteiger partial charge in [0.2, 0.25) is 11.9 Å². The fraction of sp³-hybridized carbons (Fsp3) is 0.500. The summed E-state index contributed by atoms with van der Waals surface area (Å²) in [6, 6.07) is 9.92. The first-order valence-electron chi connectivity index (χ1n) is 11.0. The summed E-state index contributed by atoms with van der Waals surface area (Å²) in [5.41, 5.74) is 1.74. The van der Waals surface area contributed by atoms with Crippen LogP contribution in [0.25, 0.3) is 16.9 Å². The molecule has 0 atom stereocenters. The van der Waals surface area contributed by atoms with Gasteiger partial charge in [-0.2, -0.15) is 9.67 Å². The number of aromatic nitrogens is 5. The average molecular weight is 421 g/mol. The van der Waals surface area contributed by atoms with Gasteiger partial charge in [0.1, 0.15) is 5.52 Å². The first-order chi connectivity index (χ1) is 15.2. The van der Waals surface area contributed by atoms with Crippen molar-refractivity contribution in [1.82, 2.24) is 34.8 Å². The van der Waals surface area contributed by atoms with Crippen molar-refractivity contribution >= 4 is 22.9 Å². The number of rotatable bonds is 4. The van der Waals surface area contributed by atoms with E-state index in [0.29, 0.717) is 17.7 Å². The molecule has 1 saturated carbocycles. The number of hydrogen-bond acceptors (Lipinski definition) is 7. The Hall–Kier alpha value is -3.07. The molecule has 2 aromatic heterocycles. The van der Waals surface area contributed by atoms with E-state index >= 15 is 0 Å². The number of anilines is 1. The lowest BCUT2D eigenvalue weighted by Gasteiger charge is -2.36. The standard InChI is InChI=1S/C22H28N8O/c1-28-12-14-29(15-13-28)21(31)16-6-8-17(9-7-16)24-22-23-11-10-20(25-22)30-19-5-3-2-4-18(19)26-27-30/h2-5,10-11,16-17H,6-9,12-15H2,1H3,(H,23,24,25)/t16-,17-. The number of nitrogens with zero attached hydrogens (tertiary/aromatic N) is 7. The molecule has 1 amide bonds. The highest BCUT2D eigenvalue weighted by Gasteiger charge is 2.30. The van der Waals surface area contributed by atoms with E-state index in [1.165, 1.54) is 0 Å². The van der Waals surface area contributed by atoms with Crippen LogP contribution in [0.15, 0.2) is 36.5 Å². The third kappa shape index (κ3) is 4.23. The molecule has 5 rings (SSSR count). The molecule has 2 aliphatic rings. The van der Waals surface area contributed by atoms with Gasteiger partial charge in [-0.15, -0.1) is 5.10 Å². The molecule has 9 nitrogen and oxygen atoms in total. The minimum Gasteiger partial charge on any atom is -0.351 e. The highest BCUT2D eigenvalue weighted by molar-refractivity contribution is 5.79. The van der Waals surface area contributed by atoms with Crippen LogP contribution in [0.5, 0.6) is 0 Å². The second kappa shape index (κ2) is 8.58. The van der Waals surface area contributed by atoms with Crippen LogP contribution < -0.4 is 5.32 Å². The number of carbonyl (C=O) groups excluding carboxylic acids is 1. The van der Waals surface area contributed by atoms with Crippen LogP contribution in [0.1, 0.15) is 25.7 Å². The highest BCUT2D eigenvalue weighted by atomic mass is 16.2. The van der Waals surface area contributed by atoms with E-state index in [-0.39, 0.29) is 12.0 Å². The van der Waals surface area contributed by atoms with Gasteiger partial charge in [-0.1, -0.05) is 17.3 Å². The van der Waals surface area contributed by atoms with E-state index in [4.69, 9.17) is 0 Å². The summed E-state index contributed by atoms with van der Waals surface area (Å²) in [6.07, 6.45) is 5.46. The third-order valence-electron chi connectivity index (χ3n) is 6.43. The number of para-hydroxylation sites is 1. The van der Waals surface area contributed by atoms with Crippen LogP contribution in [0, 0.1) is 5.92 Å². The number of piperazine rings is 1. The van der Waals surface area contributed by atoms with Crippen molar-refractivity contribution < 1.29 is 4.79 Å². The van der Waals surface area contributed by atoms with E-state index in [2.05, 4.69) is 37.5 Å². The Labute approximate surface area is 181 Å². The average Bonchev–Trinajstić information content (AvgIpc) is 3.24. The molecule has 0 radical (unpaired) electrons. The monoisotopic (exact) mass is 420 g/mol. The Balaban J connectivity index is 1.20. The highest BCUT2D eigenvalue weighted by Crippen LogP contribution is 2.28. The fourth-order valence-electron chi connectivity index (χ4n) is 4.53. The van der Waals surface area contributed by atoms with Crippen LogP contribution >= 0.6 is 0 Å². The Morgan fingerprint density at radius 3 is 2.61 bits per heavy atom. The number of benzene rings is 1. The van der Waals surface area contributed by atoms with Gasteiger partial charge in [0.25, 0.3) is 0 Å². The van der Waals surface area contributed by atoms with E-state index < -0.39 is 0 Å². The number of likely N-dealkylation sites (N-methyl/N-ethyl adjacent to an activating group) is 1. The second-order valence-electron chi connectivity index (χ2n) is 8.55. The molecule has 162 valence electrons. The minimum absolute atomic E-state index is 0.148. The van der Waals surface area contributed by atoms with Gasteiger partial charge in [0, 0.05) is 50.4 Å². The van der Waals surface area contributed by atoms with Crippen molar-refractivity contribution in [3.63, 3.8) is 0 Å². The van der Waals surface area contributed by atoms with Crippen molar-refractivity contribution in [1.29, 1.82) is 0 Å².